The zero-order valence-electron chi connectivity index (χ0n) is 19.0. The molecule has 0 heterocycles. The van der Waals surface area contributed by atoms with Gasteiger partial charge in [0.1, 0.15) is 11.5 Å². The van der Waals surface area contributed by atoms with E-state index in [1.807, 2.05) is 24.3 Å². The largest absolute Gasteiger partial charge is 0.494 e. The summed E-state index contributed by atoms with van der Waals surface area (Å²) in [6.07, 6.45) is 6.96. The van der Waals surface area contributed by atoms with Crippen LogP contribution < -0.4 is 9.47 Å². The van der Waals surface area contributed by atoms with Gasteiger partial charge in [0.2, 0.25) is 0 Å². The molecule has 0 aliphatic heterocycles. The number of carbonyl (C=O) groups is 2. The topological polar surface area (TPSA) is 52.6 Å². The SMILES string of the molecule is CCCCCOc1ccc(C(=O)CBr)cc1.CCCCCOc1ccc(C(C)=O)cc1. The Bertz CT molecular complexity index is 754. The summed E-state index contributed by atoms with van der Waals surface area (Å²) in [4.78, 5) is 22.4. The van der Waals surface area contributed by atoms with Crippen molar-refractivity contribution in [2.75, 3.05) is 18.5 Å². The van der Waals surface area contributed by atoms with Crippen LogP contribution in [0.1, 0.15) is 80.0 Å². The maximum atomic E-state index is 11.3. The molecule has 0 saturated heterocycles. The minimum absolute atomic E-state index is 0.0903. The Morgan fingerprint density at radius 1 is 0.710 bits per heavy atom. The average Bonchev–Trinajstić information content (AvgIpc) is 2.80. The van der Waals surface area contributed by atoms with E-state index in [2.05, 4.69) is 29.8 Å². The molecule has 0 spiro atoms. The summed E-state index contributed by atoms with van der Waals surface area (Å²) >= 11 is 3.15. The molecule has 31 heavy (non-hydrogen) atoms. The molecule has 0 aliphatic carbocycles. The van der Waals surface area contributed by atoms with Gasteiger partial charge in [0, 0.05) is 11.1 Å². The van der Waals surface area contributed by atoms with Crippen molar-refractivity contribution in [2.24, 2.45) is 0 Å². The zero-order chi connectivity index (χ0) is 22.9. The zero-order valence-corrected chi connectivity index (χ0v) is 20.6. The van der Waals surface area contributed by atoms with E-state index in [0.717, 1.165) is 48.7 Å². The predicted molar refractivity (Wildman–Crippen MR) is 131 cm³/mol. The molecule has 2 aromatic rings. The fraction of sp³-hybridized carbons (Fsp3) is 0.462. The number of carbonyl (C=O) groups excluding carboxylic acids is 2. The van der Waals surface area contributed by atoms with E-state index in [1.165, 1.54) is 25.7 Å². The van der Waals surface area contributed by atoms with Crippen LogP contribution in [0.25, 0.3) is 0 Å². The van der Waals surface area contributed by atoms with Gasteiger partial charge in [-0.3, -0.25) is 9.59 Å². The van der Waals surface area contributed by atoms with Crippen LogP contribution in [0.4, 0.5) is 0 Å². The van der Waals surface area contributed by atoms with Gasteiger partial charge in [0.15, 0.2) is 11.6 Å². The molecular formula is C26H35BrO4. The molecule has 0 radical (unpaired) electrons. The highest BCUT2D eigenvalue weighted by Gasteiger charge is 2.03. The Hall–Kier alpha value is -2.14. The Labute approximate surface area is 195 Å². The molecule has 2 rings (SSSR count). The number of Topliss-reactive ketones (excluding diaryl/α,β-unsaturated/α-hetero) is 2. The second-order valence-electron chi connectivity index (χ2n) is 7.27. The summed E-state index contributed by atoms with van der Waals surface area (Å²) in [5.41, 5.74) is 1.45. The van der Waals surface area contributed by atoms with Crippen molar-refractivity contribution in [3.8, 4) is 11.5 Å². The van der Waals surface area contributed by atoms with Crippen LogP contribution in [0.2, 0.25) is 0 Å². The van der Waals surface area contributed by atoms with Crippen molar-refractivity contribution in [2.45, 2.75) is 59.3 Å². The van der Waals surface area contributed by atoms with E-state index < -0.39 is 0 Å². The van der Waals surface area contributed by atoms with Crippen molar-refractivity contribution in [1.82, 2.24) is 0 Å². The first-order valence-corrected chi connectivity index (χ1v) is 12.2. The van der Waals surface area contributed by atoms with E-state index in [4.69, 9.17) is 9.47 Å². The maximum Gasteiger partial charge on any atom is 0.173 e. The Morgan fingerprint density at radius 3 is 1.48 bits per heavy atom. The first kappa shape index (κ1) is 26.9. The summed E-state index contributed by atoms with van der Waals surface area (Å²) in [6, 6.07) is 14.6. The van der Waals surface area contributed by atoms with Crippen molar-refractivity contribution in [3.05, 3.63) is 59.7 Å². The minimum Gasteiger partial charge on any atom is -0.494 e. The molecule has 0 aromatic heterocycles. The van der Waals surface area contributed by atoms with Crippen LogP contribution in [0.15, 0.2) is 48.5 Å². The lowest BCUT2D eigenvalue weighted by atomic mass is 10.1. The lowest BCUT2D eigenvalue weighted by molar-refractivity contribution is 0.101. The molecule has 0 amide bonds. The lowest BCUT2D eigenvalue weighted by Gasteiger charge is -2.06. The van der Waals surface area contributed by atoms with Gasteiger partial charge in [-0.15, -0.1) is 0 Å². The summed E-state index contributed by atoms with van der Waals surface area (Å²) in [5.74, 6) is 1.86. The van der Waals surface area contributed by atoms with Gasteiger partial charge in [-0.05, 0) is 68.3 Å². The second-order valence-corrected chi connectivity index (χ2v) is 7.83. The van der Waals surface area contributed by atoms with Gasteiger partial charge in [-0.25, -0.2) is 0 Å². The van der Waals surface area contributed by atoms with Crippen LogP contribution in [-0.4, -0.2) is 30.1 Å². The Kier molecular flexibility index (Phi) is 14.3. The smallest absolute Gasteiger partial charge is 0.173 e. The van der Waals surface area contributed by atoms with Gasteiger partial charge >= 0.3 is 0 Å². The number of alkyl halides is 1. The quantitative estimate of drug-likeness (QED) is 0.168. The molecule has 0 aliphatic rings. The average molecular weight is 491 g/mol. The van der Waals surface area contributed by atoms with Crippen LogP contribution >= 0.6 is 15.9 Å². The number of benzene rings is 2. The minimum atomic E-state index is 0.0903. The van der Waals surface area contributed by atoms with Gasteiger partial charge in [0.25, 0.3) is 0 Å². The van der Waals surface area contributed by atoms with Crippen molar-refractivity contribution in [1.29, 1.82) is 0 Å². The molecule has 0 bridgehead atoms. The fourth-order valence-corrected chi connectivity index (χ4v) is 3.01. The van der Waals surface area contributed by atoms with Crippen molar-refractivity contribution >= 4 is 27.5 Å². The van der Waals surface area contributed by atoms with Gasteiger partial charge in [-0.2, -0.15) is 0 Å². The molecule has 0 saturated carbocycles. The standard InChI is InChI=1S/C13H17BrO2.C13H18O2/c1-2-3-4-9-16-12-7-5-11(6-8-12)13(15)10-14;1-3-4-5-10-15-13-8-6-12(7-9-13)11(2)14/h5-8H,2-4,9-10H2,1H3;6-9H,3-5,10H2,1-2H3. The third kappa shape index (κ3) is 11.7. The Morgan fingerprint density at radius 2 is 1.13 bits per heavy atom. The number of halogens is 1. The summed E-state index contributed by atoms with van der Waals surface area (Å²) in [5, 5.41) is 0.365. The number of ketones is 2. The molecule has 5 heteroatoms. The molecule has 170 valence electrons. The van der Waals surface area contributed by atoms with E-state index in [0.29, 0.717) is 5.33 Å². The summed E-state index contributed by atoms with van der Waals surface area (Å²) in [7, 11) is 0. The second kappa shape index (κ2) is 16.5. The van der Waals surface area contributed by atoms with Crippen LogP contribution in [0.5, 0.6) is 11.5 Å². The molecule has 4 nitrogen and oxygen atoms in total. The van der Waals surface area contributed by atoms with Crippen molar-refractivity contribution < 1.29 is 19.1 Å². The summed E-state index contributed by atoms with van der Waals surface area (Å²) < 4.78 is 11.1. The molecule has 0 unspecified atom stereocenters. The van der Waals surface area contributed by atoms with E-state index in [1.54, 1.807) is 31.2 Å². The normalized spacial score (nSPS) is 10.1. The van der Waals surface area contributed by atoms with Gasteiger partial charge in [0.05, 0.1) is 18.5 Å². The summed E-state index contributed by atoms with van der Waals surface area (Å²) in [6.45, 7) is 7.41. The highest BCUT2D eigenvalue weighted by molar-refractivity contribution is 9.09. The van der Waals surface area contributed by atoms with Crippen molar-refractivity contribution in [3.63, 3.8) is 0 Å². The monoisotopic (exact) mass is 490 g/mol. The molecule has 0 N–H and O–H groups in total. The van der Waals surface area contributed by atoms with E-state index >= 15 is 0 Å². The first-order chi connectivity index (χ1) is 15.0. The van der Waals surface area contributed by atoms with Crippen LogP contribution in [-0.2, 0) is 0 Å². The van der Waals surface area contributed by atoms with Gasteiger partial charge < -0.3 is 9.47 Å². The highest BCUT2D eigenvalue weighted by Crippen LogP contribution is 2.14. The molecule has 0 fully saturated rings. The fourth-order valence-electron chi connectivity index (χ4n) is 2.68. The number of hydrogen-bond donors (Lipinski definition) is 0. The lowest BCUT2D eigenvalue weighted by Crippen LogP contribution is -2.00. The molecular weight excluding hydrogens is 456 g/mol. The number of ether oxygens (including phenoxy) is 2. The van der Waals surface area contributed by atoms with E-state index in [-0.39, 0.29) is 11.6 Å². The number of hydrogen-bond acceptors (Lipinski definition) is 4. The van der Waals surface area contributed by atoms with Crippen LogP contribution in [0, 0.1) is 0 Å². The predicted octanol–water partition coefficient (Wildman–Crippen LogP) is 7.29. The maximum absolute atomic E-state index is 11.3. The third-order valence-corrected chi connectivity index (χ3v) is 5.10. The van der Waals surface area contributed by atoms with Crippen LogP contribution in [0.3, 0.4) is 0 Å². The first-order valence-electron chi connectivity index (χ1n) is 11.1. The number of unbranched alkanes of at least 4 members (excludes halogenated alkanes) is 4. The van der Waals surface area contributed by atoms with E-state index in [9.17, 15) is 9.59 Å². The Balaban J connectivity index is 0.000000311. The number of rotatable bonds is 13. The highest BCUT2D eigenvalue weighted by atomic mass is 79.9. The van der Waals surface area contributed by atoms with Gasteiger partial charge in [-0.1, -0.05) is 55.5 Å². The third-order valence-electron chi connectivity index (χ3n) is 4.59. The molecule has 0 atom stereocenters. The molecule has 2 aromatic carbocycles.